The van der Waals surface area contributed by atoms with Gasteiger partial charge in [0.1, 0.15) is 0 Å². The van der Waals surface area contributed by atoms with Gasteiger partial charge in [0.05, 0.1) is 6.54 Å². The second-order valence-corrected chi connectivity index (χ2v) is 6.18. The molecule has 1 aliphatic rings. The van der Waals surface area contributed by atoms with Crippen LogP contribution >= 0.6 is 15.9 Å². The van der Waals surface area contributed by atoms with Crippen LogP contribution in [0.4, 0.5) is 13.2 Å². The average molecular weight is 351 g/mol. The van der Waals surface area contributed by atoms with Crippen molar-refractivity contribution >= 4 is 15.9 Å². The first-order valence-electron chi connectivity index (χ1n) is 6.66. The molecule has 1 N–H and O–H groups in total. The first-order valence-corrected chi connectivity index (χ1v) is 7.46. The fraction of sp³-hybridized carbons (Fsp3) is 0.571. The van der Waals surface area contributed by atoms with Crippen molar-refractivity contribution in [1.29, 1.82) is 0 Å². The van der Waals surface area contributed by atoms with Crippen LogP contribution in [0.15, 0.2) is 28.7 Å². The van der Waals surface area contributed by atoms with Crippen molar-refractivity contribution in [2.75, 3.05) is 26.2 Å². The summed E-state index contributed by atoms with van der Waals surface area (Å²) in [5, 5.41) is 3.33. The lowest BCUT2D eigenvalue weighted by molar-refractivity contribution is -0.143. The average Bonchev–Trinajstić information content (AvgIpc) is 2.74. The Bertz CT molecular complexity index is 437. The molecule has 1 aliphatic heterocycles. The molecule has 0 aromatic heterocycles. The van der Waals surface area contributed by atoms with Crippen molar-refractivity contribution in [2.45, 2.75) is 19.1 Å². The minimum absolute atomic E-state index is 0.310. The molecule has 1 saturated heterocycles. The summed E-state index contributed by atoms with van der Waals surface area (Å²) in [5.74, 6) is 0.310. The summed E-state index contributed by atoms with van der Waals surface area (Å²) in [6.45, 7) is 1.80. The van der Waals surface area contributed by atoms with E-state index in [4.69, 9.17) is 0 Å². The lowest BCUT2D eigenvalue weighted by Gasteiger charge is -2.18. The van der Waals surface area contributed by atoms with E-state index in [2.05, 4.69) is 21.2 Å². The molecule has 1 heterocycles. The van der Waals surface area contributed by atoms with E-state index in [9.17, 15) is 13.2 Å². The van der Waals surface area contributed by atoms with E-state index >= 15 is 0 Å². The number of hydrogen-bond acceptors (Lipinski definition) is 2. The van der Waals surface area contributed by atoms with E-state index < -0.39 is 12.7 Å². The molecular weight excluding hydrogens is 333 g/mol. The number of likely N-dealkylation sites (tertiary alicyclic amines) is 1. The van der Waals surface area contributed by atoms with Crippen LogP contribution in [0.5, 0.6) is 0 Å². The zero-order chi connectivity index (χ0) is 14.6. The molecule has 1 aromatic rings. The van der Waals surface area contributed by atoms with Crippen LogP contribution in [0.1, 0.15) is 12.0 Å². The summed E-state index contributed by atoms with van der Waals surface area (Å²) in [4.78, 5) is 1.49. The largest absolute Gasteiger partial charge is 0.401 e. The Hall–Kier alpha value is -0.590. The van der Waals surface area contributed by atoms with Crippen molar-refractivity contribution in [3.05, 3.63) is 34.3 Å². The topological polar surface area (TPSA) is 15.3 Å². The molecule has 0 spiro atoms. The number of nitrogens with zero attached hydrogens (tertiary/aromatic N) is 1. The monoisotopic (exact) mass is 350 g/mol. The van der Waals surface area contributed by atoms with Crippen molar-refractivity contribution in [3.8, 4) is 0 Å². The Kier molecular flexibility index (Phi) is 5.46. The molecule has 6 heteroatoms. The molecule has 0 saturated carbocycles. The molecule has 2 rings (SSSR count). The summed E-state index contributed by atoms with van der Waals surface area (Å²) in [6, 6.07) is 8.01. The molecular formula is C14H18BrF3N2. The SMILES string of the molecule is FC(F)(F)CN1CCC(CNCc2cccc(Br)c2)C1. The van der Waals surface area contributed by atoms with Crippen molar-refractivity contribution in [2.24, 2.45) is 5.92 Å². The molecule has 1 fully saturated rings. The van der Waals surface area contributed by atoms with Gasteiger partial charge in [-0.2, -0.15) is 13.2 Å². The smallest absolute Gasteiger partial charge is 0.312 e. The van der Waals surface area contributed by atoms with Crippen LogP contribution in [0.3, 0.4) is 0 Å². The standard InChI is InChI=1S/C14H18BrF3N2/c15-13-3-1-2-11(6-13)7-19-8-12-4-5-20(9-12)10-14(16,17)18/h1-3,6,12,19H,4-5,7-10H2. The van der Waals surface area contributed by atoms with Crippen LogP contribution in [0.2, 0.25) is 0 Å². The highest BCUT2D eigenvalue weighted by Gasteiger charge is 2.34. The molecule has 0 aliphatic carbocycles. The quantitative estimate of drug-likeness (QED) is 0.875. The molecule has 1 atom stereocenters. The maximum absolute atomic E-state index is 12.3. The van der Waals surface area contributed by atoms with E-state index in [1.807, 2.05) is 24.3 Å². The number of alkyl halides is 3. The summed E-state index contributed by atoms with van der Waals surface area (Å²) in [7, 11) is 0. The first-order chi connectivity index (χ1) is 9.42. The molecule has 112 valence electrons. The van der Waals surface area contributed by atoms with Crippen LogP contribution < -0.4 is 5.32 Å². The van der Waals surface area contributed by atoms with Crippen LogP contribution in [0, 0.1) is 5.92 Å². The molecule has 1 unspecified atom stereocenters. The highest BCUT2D eigenvalue weighted by atomic mass is 79.9. The summed E-state index contributed by atoms with van der Waals surface area (Å²) in [6.07, 6.45) is -3.25. The molecule has 1 aromatic carbocycles. The maximum atomic E-state index is 12.3. The van der Waals surface area contributed by atoms with Crippen molar-refractivity contribution < 1.29 is 13.2 Å². The second kappa shape index (κ2) is 6.91. The number of benzene rings is 1. The Morgan fingerprint density at radius 3 is 2.85 bits per heavy atom. The molecule has 0 amide bonds. The number of nitrogens with one attached hydrogen (secondary N) is 1. The van der Waals surface area contributed by atoms with Crippen LogP contribution in [-0.4, -0.2) is 37.3 Å². The molecule has 20 heavy (non-hydrogen) atoms. The van der Waals surface area contributed by atoms with E-state index in [1.165, 1.54) is 10.5 Å². The third kappa shape index (κ3) is 5.42. The lowest BCUT2D eigenvalue weighted by Crippen LogP contribution is -2.33. The first kappa shape index (κ1) is 15.8. The van der Waals surface area contributed by atoms with E-state index in [0.717, 1.165) is 24.0 Å². The van der Waals surface area contributed by atoms with Crippen molar-refractivity contribution in [3.63, 3.8) is 0 Å². The summed E-state index contributed by atoms with van der Waals surface area (Å²) in [5.41, 5.74) is 1.17. The third-order valence-corrected chi connectivity index (χ3v) is 3.92. The highest BCUT2D eigenvalue weighted by molar-refractivity contribution is 9.10. The third-order valence-electron chi connectivity index (χ3n) is 3.42. The van der Waals surface area contributed by atoms with Gasteiger partial charge in [0.15, 0.2) is 0 Å². The zero-order valence-electron chi connectivity index (χ0n) is 11.1. The van der Waals surface area contributed by atoms with Gasteiger partial charge in [-0.1, -0.05) is 28.1 Å². The van der Waals surface area contributed by atoms with Gasteiger partial charge in [-0.3, -0.25) is 4.90 Å². The van der Waals surface area contributed by atoms with Gasteiger partial charge >= 0.3 is 6.18 Å². The lowest BCUT2D eigenvalue weighted by atomic mass is 10.1. The number of halogens is 4. The molecule has 0 radical (unpaired) electrons. The Morgan fingerprint density at radius 2 is 2.15 bits per heavy atom. The minimum Gasteiger partial charge on any atom is -0.312 e. The maximum Gasteiger partial charge on any atom is 0.401 e. The van der Waals surface area contributed by atoms with Gasteiger partial charge in [-0.05, 0) is 43.1 Å². The number of hydrogen-bond donors (Lipinski definition) is 1. The van der Waals surface area contributed by atoms with Crippen LogP contribution in [0.25, 0.3) is 0 Å². The molecule has 0 bridgehead atoms. The van der Waals surface area contributed by atoms with Gasteiger partial charge in [-0.15, -0.1) is 0 Å². The Labute approximate surface area is 125 Å². The predicted molar refractivity (Wildman–Crippen MR) is 76.5 cm³/mol. The van der Waals surface area contributed by atoms with Crippen molar-refractivity contribution in [1.82, 2.24) is 10.2 Å². The summed E-state index contributed by atoms with van der Waals surface area (Å²) >= 11 is 3.42. The minimum atomic E-state index is -4.08. The van der Waals surface area contributed by atoms with E-state index in [1.54, 1.807) is 0 Å². The van der Waals surface area contributed by atoms with E-state index in [-0.39, 0.29) is 0 Å². The fourth-order valence-electron chi connectivity index (χ4n) is 2.54. The fourth-order valence-corrected chi connectivity index (χ4v) is 2.99. The second-order valence-electron chi connectivity index (χ2n) is 5.27. The van der Waals surface area contributed by atoms with Gasteiger partial charge in [0.25, 0.3) is 0 Å². The number of rotatable bonds is 5. The van der Waals surface area contributed by atoms with Gasteiger partial charge in [-0.25, -0.2) is 0 Å². The van der Waals surface area contributed by atoms with Gasteiger partial charge < -0.3 is 5.32 Å². The van der Waals surface area contributed by atoms with Gasteiger partial charge in [0.2, 0.25) is 0 Å². The summed E-state index contributed by atoms with van der Waals surface area (Å²) < 4.78 is 37.9. The molecule has 2 nitrogen and oxygen atoms in total. The van der Waals surface area contributed by atoms with Gasteiger partial charge in [0, 0.05) is 17.6 Å². The normalized spacial score (nSPS) is 20.5. The Balaban J connectivity index is 1.68. The highest BCUT2D eigenvalue weighted by Crippen LogP contribution is 2.22. The van der Waals surface area contributed by atoms with Crippen LogP contribution in [-0.2, 0) is 6.54 Å². The predicted octanol–water partition coefficient (Wildman–Crippen LogP) is 3.42. The van der Waals surface area contributed by atoms with E-state index in [0.29, 0.717) is 19.0 Å². The Morgan fingerprint density at radius 1 is 1.35 bits per heavy atom. The zero-order valence-corrected chi connectivity index (χ0v) is 12.7.